The SMILES string of the molecule is CN1C(=O)C2C(N=C(N/N=C/c3ccncc3)N2CCc2ccccc2)N(C)C1=O. The van der Waals surface area contributed by atoms with E-state index in [1.54, 1.807) is 25.7 Å². The maximum atomic E-state index is 12.9. The highest BCUT2D eigenvalue weighted by molar-refractivity contribution is 6.03. The van der Waals surface area contributed by atoms with E-state index in [0.29, 0.717) is 12.5 Å². The van der Waals surface area contributed by atoms with E-state index in [1.165, 1.54) is 11.9 Å². The van der Waals surface area contributed by atoms with E-state index in [4.69, 9.17) is 0 Å². The van der Waals surface area contributed by atoms with Gasteiger partial charge in [0.2, 0.25) is 5.96 Å². The molecule has 1 N–H and O–H groups in total. The van der Waals surface area contributed by atoms with Crippen LogP contribution in [0.1, 0.15) is 11.1 Å². The number of carbonyl (C=O) groups excluding carboxylic acids is 2. The van der Waals surface area contributed by atoms with Gasteiger partial charge in [-0.2, -0.15) is 5.10 Å². The number of fused-ring (bicyclic) bond motifs is 1. The molecule has 3 heterocycles. The normalized spacial score (nSPS) is 21.3. The number of likely N-dealkylation sites (N-methyl/N-ethyl adjacent to an activating group) is 2. The summed E-state index contributed by atoms with van der Waals surface area (Å²) in [5.74, 6) is 0.198. The van der Waals surface area contributed by atoms with Gasteiger partial charge < -0.3 is 9.80 Å². The van der Waals surface area contributed by atoms with E-state index in [2.05, 4.69) is 20.5 Å². The Morgan fingerprint density at radius 3 is 2.57 bits per heavy atom. The number of hydrogen-bond acceptors (Lipinski definition) is 7. The van der Waals surface area contributed by atoms with Crippen molar-refractivity contribution in [2.45, 2.75) is 18.6 Å². The Hall–Kier alpha value is -3.75. The molecular weight excluding hydrogens is 382 g/mol. The number of carbonyl (C=O) groups is 2. The van der Waals surface area contributed by atoms with Crippen molar-refractivity contribution in [2.75, 3.05) is 20.6 Å². The second kappa shape index (κ2) is 8.32. The Kier molecular flexibility index (Phi) is 5.42. The number of pyridine rings is 1. The smallest absolute Gasteiger partial charge is 0.325 e. The van der Waals surface area contributed by atoms with Crippen molar-refractivity contribution >= 4 is 24.1 Å². The number of hydrogen-bond donors (Lipinski definition) is 1. The Morgan fingerprint density at radius 2 is 1.83 bits per heavy atom. The van der Waals surface area contributed by atoms with Crippen LogP contribution in [0.25, 0.3) is 0 Å². The van der Waals surface area contributed by atoms with Gasteiger partial charge >= 0.3 is 6.03 Å². The monoisotopic (exact) mass is 405 g/mol. The lowest BCUT2D eigenvalue weighted by Gasteiger charge is -2.39. The second-order valence-electron chi connectivity index (χ2n) is 7.18. The quantitative estimate of drug-likeness (QED) is 0.595. The zero-order valence-electron chi connectivity index (χ0n) is 16.8. The summed E-state index contributed by atoms with van der Waals surface area (Å²) in [5.41, 5.74) is 5.00. The molecule has 30 heavy (non-hydrogen) atoms. The summed E-state index contributed by atoms with van der Waals surface area (Å²) < 4.78 is 0. The summed E-state index contributed by atoms with van der Waals surface area (Å²) in [6, 6.07) is 12.8. The van der Waals surface area contributed by atoms with Gasteiger partial charge in [0.25, 0.3) is 5.91 Å². The first-order chi connectivity index (χ1) is 14.6. The van der Waals surface area contributed by atoms with Crippen LogP contribution in [-0.2, 0) is 11.2 Å². The molecule has 2 aliphatic heterocycles. The molecule has 0 spiro atoms. The van der Waals surface area contributed by atoms with Crippen LogP contribution in [0.15, 0.2) is 65.0 Å². The van der Waals surface area contributed by atoms with E-state index in [9.17, 15) is 9.59 Å². The molecule has 1 fully saturated rings. The number of urea groups is 1. The van der Waals surface area contributed by atoms with Crippen LogP contribution in [0, 0.1) is 0 Å². The molecule has 1 saturated heterocycles. The van der Waals surface area contributed by atoms with Gasteiger partial charge in [0.15, 0.2) is 12.2 Å². The highest BCUT2D eigenvalue weighted by Gasteiger charge is 2.50. The van der Waals surface area contributed by atoms with E-state index < -0.39 is 12.2 Å². The van der Waals surface area contributed by atoms with Gasteiger partial charge in [-0.3, -0.25) is 14.7 Å². The van der Waals surface area contributed by atoms with Gasteiger partial charge in [-0.15, -0.1) is 0 Å². The first-order valence-electron chi connectivity index (χ1n) is 9.68. The number of aromatic nitrogens is 1. The molecule has 1 aromatic heterocycles. The van der Waals surface area contributed by atoms with Crippen molar-refractivity contribution in [3.8, 4) is 0 Å². The molecule has 1 aromatic carbocycles. The fourth-order valence-electron chi connectivity index (χ4n) is 3.61. The van der Waals surface area contributed by atoms with Gasteiger partial charge in [0.1, 0.15) is 0 Å². The van der Waals surface area contributed by atoms with Gasteiger partial charge in [0, 0.05) is 33.0 Å². The lowest BCUT2D eigenvalue weighted by Crippen LogP contribution is -2.64. The minimum atomic E-state index is -0.587. The summed E-state index contributed by atoms with van der Waals surface area (Å²) in [6.45, 7) is 0.559. The minimum Gasteiger partial charge on any atom is -0.325 e. The van der Waals surface area contributed by atoms with E-state index in [1.807, 2.05) is 47.4 Å². The van der Waals surface area contributed by atoms with Crippen molar-refractivity contribution in [3.05, 3.63) is 66.0 Å². The lowest BCUT2D eigenvalue weighted by molar-refractivity contribution is -0.136. The Bertz CT molecular complexity index is 977. The predicted octanol–water partition coefficient (Wildman–Crippen LogP) is 1.14. The summed E-state index contributed by atoms with van der Waals surface area (Å²) in [4.78, 5) is 38.4. The molecular formula is C21H23N7O2. The molecule has 3 amide bonds. The van der Waals surface area contributed by atoms with Gasteiger partial charge in [0.05, 0.1) is 6.21 Å². The summed E-state index contributed by atoms with van der Waals surface area (Å²) in [5, 5.41) is 4.27. The molecule has 0 bridgehead atoms. The minimum absolute atomic E-state index is 0.269. The fourth-order valence-corrected chi connectivity index (χ4v) is 3.61. The zero-order valence-corrected chi connectivity index (χ0v) is 16.8. The van der Waals surface area contributed by atoms with Crippen molar-refractivity contribution in [3.63, 3.8) is 0 Å². The van der Waals surface area contributed by atoms with E-state index in [0.717, 1.165) is 22.4 Å². The summed E-state index contributed by atoms with van der Waals surface area (Å²) >= 11 is 0. The standard InChI is InChI=1S/C21H23N7O2/c1-26-18-17(19(29)27(2)21(26)30)28(13-10-15-6-4-3-5-7-15)20(24-18)25-23-14-16-8-11-22-12-9-16/h3-9,11-12,14,17-18H,10,13H2,1-2H3,(H,24,25)/b23-14+. The van der Waals surface area contributed by atoms with Crippen LogP contribution in [0.4, 0.5) is 4.79 Å². The van der Waals surface area contributed by atoms with Crippen LogP contribution in [0.3, 0.4) is 0 Å². The summed E-state index contributed by atoms with van der Waals surface area (Å²) in [7, 11) is 3.16. The number of rotatable bonds is 5. The maximum Gasteiger partial charge on any atom is 0.328 e. The van der Waals surface area contributed by atoms with Gasteiger partial charge in [-0.1, -0.05) is 30.3 Å². The molecule has 4 rings (SSSR count). The van der Waals surface area contributed by atoms with E-state index in [-0.39, 0.29) is 11.9 Å². The maximum absolute atomic E-state index is 12.9. The molecule has 0 aliphatic carbocycles. The third-order valence-electron chi connectivity index (χ3n) is 5.28. The number of hydrazone groups is 1. The lowest BCUT2D eigenvalue weighted by atomic mass is 10.1. The third-order valence-corrected chi connectivity index (χ3v) is 5.28. The van der Waals surface area contributed by atoms with Gasteiger partial charge in [-0.25, -0.2) is 15.2 Å². The third kappa shape index (κ3) is 3.73. The molecule has 2 aromatic rings. The van der Waals surface area contributed by atoms with Crippen LogP contribution in [-0.4, -0.2) is 76.6 Å². The fraction of sp³-hybridized carbons (Fsp3) is 0.286. The van der Waals surface area contributed by atoms with Crippen molar-refractivity contribution in [2.24, 2.45) is 10.1 Å². The van der Waals surface area contributed by atoms with Crippen LogP contribution < -0.4 is 5.43 Å². The molecule has 0 radical (unpaired) electrons. The molecule has 0 saturated carbocycles. The average molecular weight is 405 g/mol. The molecule has 2 aliphatic rings. The highest BCUT2D eigenvalue weighted by Crippen LogP contribution is 2.26. The predicted molar refractivity (Wildman–Crippen MR) is 113 cm³/mol. The molecule has 2 atom stereocenters. The number of benzene rings is 1. The Morgan fingerprint density at radius 1 is 1.10 bits per heavy atom. The molecule has 2 unspecified atom stereocenters. The van der Waals surface area contributed by atoms with Crippen LogP contribution in [0.2, 0.25) is 0 Å². The first kappa shape index (κ1) is 19.6. The number of imide groups is 1. The highest BCUT2D eigenvalue weighted by atomic mass is 16.2. The zero-order chi connectivity index (χ0) is 21.1. The molecule has 9 heteroatoms. The Balaban J connectivity index is 1.57. The van der Waals surface area contributed by atoms with Crippen molar-refractivity contribution in [1.82, 2.24) is 25.1 Å². The van der Waals surface area contributed by atoms with Crippen LogP contribution >= 0.6 is 0 Å². The Labute approximate surface area is 174 Å². The van der Waals surface area contributed by atoms with Gasteiger partial charge in [-0.05, 0) is 29.7 Å². The number of guanidine groups is 1. The number of nitrogens with one attached hydrogen (secondary N) is 1. The summed E-state index contributed by atoms with van der Waals surface area (Å²) in [6.07, 6.45) is 5.17. The largest absolute Gasteiger partial charge is 0.328 e. The van der Waals surface area contributed by atoms with Crippen LogP contribution in [0.5, 0.6) is 0 Å². The first-order valence-corrected chi connectivity index (χ1v) is 9.68. The number of nitrogens with zero attached hydrogens (tertiary/aromatic N) is 6. The molecule has 154 valence electrons. The number of amides is 3. The second-order valence-corrected chi connectivity index (χ2v) is 7.18. The molecule has 9 nitrogen and oxygen atoms in total. The average Bonchev–Trinajstić information content (AvgIpc) is 3.15. The van der Waals surface area contributed by atoms with Crippen molar-refractivity contribution < 1.29 is 9.59 Å². The van der Waals surface area contributed by atoms with Crippen molar-refractivity contribution in [1.29, 1.82) is 0 Å². The van der Waals surface area contributed by atoms with E-state index >= 15 is 0 Å². The number of aliphatic imine (C=N–C) groups is 1. The topological polar surface area (TPSA) is 93.5 Å².